The van der Waals surface area contributed by atoms with Crippen LogP contribution in [0.4, 0.5) is 0 Å². The lowest BCUT2D eigenvalue weighted by molar-refractivity contribution is 0.473. The SMILES string of the molecule is C=C(CCN)CCC(CC)C/C=C\C. The Morgan fingerprint density at radius 3 is 2.64 bits per heavy atom. The maximum atomic E-state index is 5.48. The molecule has 0 aliphatic rings. The molecule has 2 N–H and O–H groups in total. The maximum Gasteiger partial charge on any atom is -0.00400 e. The van der Waals surface area contributed by atoms with E-state index >= 15 is 0 Å². The zero-order valence-corrected chi connectivity index (χ0v) is 9.76. The van der Waals surface area contributed by atoms with E-state index in [1.807, 2.05) is 0 Å². The standard InChI is InChI=1S/C13H25N/c1-4-6-7-13(5-2)9-8-12(3)10-11-14/h4,6,13H,3,5,7-11,14H2,1-2H3/b6-4-. The average molecular weight is 195 g/mol. The van der Waals surface area contributed by atoms with Gasteiger partial charge in [0.15, 0.2) is 0 Å². The molecule has 0 aromatic carbocycles. The third-order valence-corrected chi connectivity index (χ3v) is 2.69. The zero-order valence-electron chi connectivity index (χ0n) is 9.76. The average Bonchev–Trinajstić information content (AvgIpc) is 2.19. The molecule has 1 unspecified atom stereocenters. The molecule has 1 nitrogen and oxygen atoms in total. The zero-order chi connectivity index (χ0) is 10.8. The first-order valence-electron chi connectivity index (χ1n) is 5.72. The Morgan fingerprint density at radius 1 is 1.43 bits per heavy atom. The minimum absolute atomic E-state index is 0.741. The van der Waals surface area contributed by atoms with E-state index in [-0.39, 0.29) is 0 Å². The molecule has 0 saturated carbocycles. The van der Waals surface area contributed by atoms with Crippen LogP contribution in [0.15, 0.2) is 24.3 Å². The molecule has 0 amide bonds. The second-order valence-corrected chi connectivity index (χ2v) is 3.91. The third kappa shape index (κ3) is 6.90. The van der Waals surface area contributed by atoms with Gasteiger partial charge < -0.3 is 5.73 Å². The van der Waals surface area contributed by atoms with Gasteiger partial charge >= 0.3 is 0 Å². The third-order valence-electron chi connectivity index (χ3n) is 2.69. The topological polar surface area (TPSA) is 26.0 Å². The molecular weight excluding hydrogens is 170 g/mol. The number of nitrogens with two attached hydrogens (primary N) is 1. The van der Waals surface area contributed by atoms with Crippen molar-refractivity contribution in [3.8, 4) is 0 Å². The van der Waals surface area contributed by atoms with E-state index < -0.39 is 0 Å². The normalized spacial score (nSPS) is 13.4. The van der Waals surface area contributed by atoms with Gasteiger partial charge in [-0.25, -0.2) is 0 Å². The molecule has 82 valence electrons. The van der Waals surface area contributed by atoms with Crippen LogP contribution in [0.5, 0.6) is 0 Å². The van der Waals surface area contributed by atoms with Crippen LogP contribution in [0.3, 0.4) is 0 Å². The molecule has 0 saturated heterocycles. The van der Waals surface area contributed by atoms with Crippen molar-refractivity contribution >= 4 is 0 Å². The molecule has 1 heteroatoms. The minimum atomic E-state index is 0.741. The maximum absolute atomic E-state index is 5.48. The van der Waals surface area contributed by atoms with Gasteiger partial charge in [0.2, 0.25) is 0 Å². The molecule has 0 heterocycles. The summed E-state index contributed by atoms with van der Waals surface area (Å²) in [5, 5.41) is 0. The van der Waals surface area contributed by atoms with Gasteiger partial charge in [-0.15, -0.1) is 0 Å². The first kappa shape index (κ1) is 13.4. The van der Waals surface area contributed by atoms with Crippen LogP contribution in [0.1, 0.15) is 46.0 Å². The number of hydrogen-bond donors (Lipinski definition) is 1. The molecule has 0 aliphatic carbocycles. The van der Waals surface area contributed by atoms with Crippen molar-refractivity contribution in [1.29, 1.82) is 0 Å². The van der Waals surface area contributed by atoms with E-state index in [0.29, 0.717) is 0 Å². The number of hydrogen-bond acceptors (Lipinski definition) is 1. The number of rotatable bonds is 8. The fourth-order valence-electron chi connectivity index (χ4n) is 1.55. The Kier molecular flexibility index (Phi) is 8.65. The van der Waals surface area contributed by atoms with Gasteiger partial charge in [-0.1, -0.05) is 37.6 Å². The van der Waals surface area contributed by atoms with Crippen molar-refractivity contribution in [2.75, 3.05) is 6.54 Å². The van der Waals surface area contributed by atoms with E-state index in [1.165, 1.54) is 24.8 Å². The van der Waals surface area contributed by atoms with Gasteiger partial charge in [0.25, 0.3) is 0 Å². The Hall–Kier alpha value is -0.560. The lowest BCUT2D eigenvalue weighted by Crippen LogP contribution is -2.02. The molecule has 0 aromatic rings. The highest BCUT2D eigenvalue weighted by atomic mass is 14.5. The molecule has 0 radical (unpaired) electrons. The van der Waals surface area contributed by atoms with Crippen LogP contribution < -0.4 is 5.73 Å². The van der Waals surface area contributed by atoms with Gasteiger partial charge in [-0.05, 0) is 45.1 Å². The number of allylic oxidation sites excluding steroid dienone is 2. The Morgan fingerprint density at radius 2 is 2.14 bits per heavy atom. The van der Waals surface area contributed by atoms with Gasteiger partial charge in [-0.2, -0.15) is 0 Å². The van der Waals surface area contributed by atoms with E-state index in [2.05, 4.69) is 32.6 Å². The molecular formula is C13H25N. The lowest BCUT2D eigenvalue weighted by atomic mass is 9.93. The van der Waals surface area contributed by atoms with Gasteiger partial charge in [-0.3, -0.25) is 0 Å². The van der Waals surface area contributed by atoms with Crippen LogP contribution in [0.25, 0.3) is 0 Å². The van der Waals surface area contributed by atoms with Gasteiger partial charge in [0.1, 0.15) is 0 Å². The Bertz CT molecular complexity index is 170. The summed E-state index contributed by atoms with van der Waals surface area (Å²) in [5.74, 6) is 0.820. The van der Waals surface area contributed by atoms with Crippen LogP contribution in [-0.4, -0.2) is 6.54 Å². The van der Waals surface area contributed by atoms with Gasteiger partial charge in [0, 0.05) is 0 Å². The second kappa shape index (κ2) is 9.01. The fourth-order valence-corrected chi connectivity index (χ4v) is 1.55. The Labute approximate surface area is 89.1 Å². The van der Waals surface area contributed by atoms with E-state index in [4.69, 9.17) is 5.73 Å². The van der Waals surface area contributed by atoms with Crippen molar-refractivity contribution in [1.82, 2.24) is 0 Å². The predicted octanol–water partition coefficient (Wildman–Crippen LogP) is 3.66. The predicted molar refractivity (Wildman–Crippen MR) is 65.3 cm³/mol. The summed E-state index contributed by atoms with van der Waals surface area (Å²) in [7, 11) is 0. The molecule has 14 heavy (non-hydrogen) atoms. The van der Waals surface area contributed by atoms with Gasteiger partial charge in [0.05, 0.1) is 0 Å². The summed E-state index contributed by atoms with van der Waals surface area (Å²) in [4.78, 5) is 0. The van der Waals surface area contributed by atoms with Crippen LogP contribution in [-0.2, 0) is 0 Å². The van der Waals surface area contributed by atoms with Crippen LogP contribution in [0, 0.1) is 5.92 Å². The van der Waals surface area contributed by atoms with E-state index in [0.717, 1.165) is 25.3 Å². The summed E-state index contributed by atoms with van der Waals surface area (Å²) in [5.41, 5.74) is 6.79. The van der Waals surface area contributed by atoms with Crippen molar-refractivity contribution in [3.63, 3.8) is 0 Å². The first-order chi connectivity index (χ1) is 6.74. The highest BCUT2D eigenvalue weighted by molar-refractivity contribution is 4.95. The summed E-state index contributed by atoms with van der Waals surface area (Å²) in [6.45, 7) is 9.12. The van der Waals surface area contributed by atoms with Crippen molar-refractivity contribution < 1.29 is 0 Å². The first-order valence-corrected chi connectivity index (χ1v) is 5.72. The molecule has 0 rings (SSSR count). The quantitative estimate of drug-likeness (QED) is 0.588. The highest BCUT2D eigenvalue weighted by Gasteiger charge is 2.04. The van der Waals surface area contributed by atoms with Crippen LogP contribution >= 0.6 is 0 Å². The summed E-state index contributed by atoms with van der Waals surface area (Å²) in [6.07, 6.45) is 10.3. The lowest BCUT2D eigenvalue weighted by Gasteiger charge is -2.13. The second-order valence-electron chi connectivity index (χ2n) is 3.91. The largest absolute Gasteiger partial charge is 0.330 e. The molecule has 0 aromatic heterocycles. The summed E-state index contributed by atoms with van der Waals surface area (Å²) < 4.78 is 0. The molecule has 0 aliphatic heterocycles. The highest BCUT2D eigenvalue weighted by Crippen LogP contribution is 2.19. The Balaban J connectivity index is 3.66. The minimum Gasteiger partial charge on any atom is -0.330 e. The molecule has 1 atom stereocenters. The summed E-state index contributed by atoms with van der Waals surface area (Å²) in [6, 6.07) is 0. The van der Waals surface area contributed by atoms with Crippen molar-refractivity contribution in [3.05, 3.63) is 24.3 Å². The van der Waals surface area contributed by atoms with Crippen LogP contribution in [0.2, 0.25) is 0 Å². The molecule has 0 bridgehead atoms. The van der Waals surface area contributed by atoms with E-state index in [9.17, 15) is 0 Å². The molecule has 0 fully saturated rings. The molecule has 0 spiro atoms. The monoisotopic (exact) mass is 195 g/mol. The van der Waals surface area contributed by atoms with E-state index in [1.54, 1.807) is 0 Å². The van der Waals surface area contributed by atoms with Crippen molar-refractivity contribution in [2.45, 2.75) is 46.0 Å². The fraction of sp³-hybridized carbons (Fsp3) is 0.692. The smallest absolute Gasteiger partial charge is 0.00400 e. The summed E-state index contributed by atoms with van der Waals surface area (Å²) >= 11 is 0. The van der Waals surface area contributed by atoms with Crippen molar-refractivity contribution in [2.24, 2.45) is 11.7 Å².